The summed E-state index contributed by atoms with van der Waals surface area (Å²) in [4.78, 5) is 1.98. The molecule has 0 bridgehead atoms. The van der Waals surface area contributed by atoms with Crippen LogP contribution in [0, 0.1) is 0 Å². The molecule has 0 aliphatic heterocycles. The Labute approximate surface area is 106 Å². The average Bonchev–Trinajstić information content (AvgIpc) is 2.78. The van der Waals surface area contributed by atoms with E-state index in [1.165, 1.54) is 6.20 Å². The Balaban J connectivity index is 2.35. The van der Waals surface area contributed by atoms with Crippen LogP contribution in [0.15, 0.2) is 30.5 Å². The van der Waals surface area contributed by atoms with Crippen LogP contribution in [0.3, 0.4) is 0 Å². The Morgan fingerprint density at radius 1 is 1.17 bits per heavy atom. The molecule has 2 aromatic rings. The van der Waals surface area contributed by atoms with E-state index in [2.05, 4.69) is 10.3 Å². The maximum absolute atomic E-state index is 11.3. The minimum absolute atomic E-state index is 0.533. The van der Waals surface area contributed by atoms with Crippen LogP contribution in [0.2, 0.25) is 0 Å². The van der Waals surface area contributed by atoms with E-state index in [1.54, 1.807) is 0 Å². The first kappa shape index (κ1) is 12.6. The molecule has 1 aromatic heterocycles. The molecule has 0 fully saturated rings. The van der Waals surface area contributed by atoms with E-state index in [0.29, 0.717) is 5.69 Å². The Morgan fingerprint density at radius 3 is 2.22 bits per heavy atom. The third-order valence-corrected chi connectivity index (χ3v) is 3.35. The van der Waals surface area contributed by atoms with Gasteiger partial charge < -0.3 is 4.90 Å². The van der Waals surface area contributed by atoms with Crippen LogP contribution >= 0.6 is 0 Å². The van der Waals surface area contributed by atoms with Gasteiger partial charge in [-0.1, -0.05) is 17.3 Å². The molecular weight excluding hydrogens is 252 g/mol. The summed E-state index contributed by atoms with van der Waals surface area (Å²) in [6.45, 7) is 0. The highest BCUT2D eigenvalue weighted by Gasteiger charge is 2.10. The first-order valence-electron chi connectivity index (χ1n) is 5.28. The molecule has 0 saturated heterocycles. The number of anilines is 1. The van der Waals surface area contributed by atoms with Crippen molar-refractivity contribution in [2.45, 2.75) is 0 Å². The lowest BCUT2D eigenvalue weighted by Gasteiger charge is -2.11. The van der Waals surface area contributed by atoms with Crippen molar-refractivity contribution in [3.05, 3.63) is 30.5 Å². The van der Waals surface area contributed by atoms with Gasteiger partial charge in [0.25, 0.3) is 10.0 Å². The summed E-state index contributed by atoms with van der Waals surface area (Å²) < 4.78 is 23.4. The molecule has 0 saturated carbocycles. The highest BCUT2D eigenvalue weighted by molar-refractivity contribution is 7.89. The van der Waals surface area contributed by atoms with Crippen LogP contribution < -0.4 is 4.90 Å². The minimum atomic E-state index is -3.38. The molecule has 18 heavy (non-hydrogen) atoms. The van der Waals surface area contributed by atoms with Gasteiger partial charge in [0.2, 0.25) is 0 Å². The lowest BCUT2D eigenvalue weighted by atomic mass is 10.1. The van der Waals surface area contributed by atoms with Gasteiger partial charge in [0.05, 0.1) is 12.5 Å². The Kier molecular flexibility index (Phi) is 3.08. The van der Waals surface area contributed by atoms with Crippen molar-refractivity contribution in [1.82, 2.24) is 14.4 Å². The van der Waals surface area contributed by atoms with Crippen molar-refractivity contribution in [2.24, 2.45) is 0 Å². The fourth-order valence-electron chi connectivity index (χ4n) is 1.47. The quantitative estimate of drug-likeness (QED) is 0.822. The molecule has 0 spiro atoms. The lowest BCUT2D eigenvalue weighted by Crippen LogP contribution is -2.10. The van der Waals surface area contributed by atoms with Crippen molar-refractivity contribution >= 4 is 15.7 Å². The molecule has 1 heterocycles. The second-order valence-electron chi connectivity index (χ2n) is 4.18. The Morgan fingerprint density at radius 2 is 1.78 bits per heavy atom. The van der Waals surface area contributed by atoms with E-state index in [-0.39, 0.29) is 0 Å². The summed E-state index contributed by atoms with van der Waals surface area (Å²) in [5.74, 6) is 0. The molecule has 0 aliphatic carbocycles. The van der Waals surface area contributed by atoms with Crippen LogP contribution in [-0.4, -0.2) is 43.2 Å². The van der Waals surface area contributed by atoms with E-state index in [4.69, 9.17) is 0 Å². The second kappa shape index (κ2) is 4.41. The summed E-state index contributed by atoms with van der Waals surface area (Å²) in [6.07, 6.45) is 2.49. The monoisotopic (exact) mass is 266 g/mol. The smallest absolute Gasteiger partial charge is 0.252 e. The standard InChI is InChI=1S/C11H14N4O2S/c1-14(2)10-6-4-9(5-7-10)11-8-15(13-12-11)18(3,16)17/h4-8H,1-3H3. The summed E-state index contributed by atoms with van der Waals surface area (Å²) in [5.41, 5.74) is 2.43. The zero-order valence-electron chi connectivity index (χ0n) is 10.4. The molecule has 96 valence electrons. The number of benzene rings is 1. The fraction of sp³-hybridized carbons (Fsp3) is 0.273. The van der Waals surface area contributed by atoms with Crippen molar-refractivity contribution in [2.75, 3.05) is 25.3 Å². The topological polar surface area (TPSA) is 68.1 Å². The Bertz CT molecular complexity index is 644. The second-order valence-corrected chi connectivity index (χ2v) is 6.02. The molecular formula is C11H14N4O2S. The van der Waals surface area contributed by atoms with E-state index in [9.17, 15) is 8.42 Å². The summed E-state index contributed by atoms with van der Waals surface area (Å²) in [6, 6.07) is 7.64. The van der Waals surface area contributed by atoms with Crippen LogP contribution in [0.5, 0.6) is 0 Å². The summed E-state index contributed by atoms with van der Waals surface area (Å²) >= 11 is 0. The van der Waals surface area contributed by atoms with Crippen molar-refractivity contribution in [1.29, 1.82) is 0 Å². The van der Waals surface area contributed by atoms with Crippen LogP contribution in [0.4, 0.5) is 5.69 Å². The van der Waals surface area contributed by atoms with Gasteiger partial charge in [0.1, 0.15) is 5.69 Å². The van der Waals surface area contributed by atoms with Gasteiger partial charge in [0, 0.05) is 25.3 Å². The van der Waals surface area contributed by atoms with Gasteiger partial charge in [-0.25, -0.2) is 8.42 Å². The third-order valence-electron chi connectivity index (χ3n) is 2.49. The van der Waals surface area contributed by atoms with E-state index in [1.807, 2.05) is 43.3 Å². The van der Waals surface area contributed by atoms with Gasteiger partial charge >= 0.3 is 0 Å². The third kappa shape index (κ3) is 2.51. The Hall–Kier alpha value is -1.89. The van der Waals surface area contributed by atoms with Gasteiger partial charge in [-0.3, -0.25) is 0 Å². The molecule has 0 amide bonds. The molecule has 0 unspecified atom stereocenters. The number of hydrogen-bond acceptors (Lipinski definition) is 5. The molecule has 6 nitrogen and oxygen atoms in total. The largest absolute Gasteiger partial charge is 0.378 e. The van der Waals surface area contributed by atoms with E-state index < -0.39 is 10.0 Å². The van der Waals surface area contributed by atoms with Gasteiger partial charge in [-0.05, 0) is 12.1 Å². The zero-order valence-corrected chi connectivity index (χ0v) is 11.2. The number of rotatable bonds is 3. The highest BCUT2D eigenvalue weighted by atomic mass is 32.2. The first-order valence-corrected chi connectivity index (χ1v) is 7.13. The van der Waals surface area contributed by atoms with Crippen molar-refractivity contribution < 1.29 is 8.42 Å². The normalized spacial score (nSPS) is 11.5. The highest BCUT2D eigenvalue weighted by Crippen LogP contribution is 2.20. The molecule has 0 atom stereocenters. The van der Waals surface area contributed by atoms with Gasteiger partial charge in [-0.2, -0.15) is 0 Å². The molecule has 2 rings (SSSR count). The van der Waals surface area contributed by atoms with Gasteiger partial charge in [-0.15, -0.1) is 9.19 Å². The number of aromatic nitrogens is 3. The molecule has 1 aromatic carbocycles. The predicted molar refractivity (Wildman–Crippen MR) is 70.0 cm³/mol. The lowest BCUT2D eigenvalue weighted by molar-refractivity contribution is 0.583. The predicted octanol–water partition coefficient (Wildman–Crippen LogP) is 0.819. The maximum Gasteiger partial charge on any atom is 0.252 e. The minimum Gasteiger partial charge on any atom is -0.378 e. The van der Waals surface area contributed by atoms with Gasteiger partial charge in [0.15, 0.2) is 0 Å². The maximum atomic E-state index is 11.3. The number of nitrogens with zero attached hydrogens (tertiary/aromatic N) is 4. The summed E-state index contributed by atoms with van der Waals surface area (Å²) in [5, 5.41) is 7.44. The van der Waals surface area contributed by atoms with Crippen LogP contribution in [0.25, 0.3) is 11.3 Å². The van der Waals surface area contributed by atoms with Crippen LogP contribution in [0.1, 0.15) is 0 Å². The molecule has 0 N–H and O–H groups in total. The van der Waals surface area contributed by atoms with Crippen molar-refractivity contribution in [3.63, 3.8) is 0 Å². The molecule has 0 radical (unpaired) electrons. The summed E-state index contributed by atoms with van der Waals surface area (Å²) in [7, 11) is 0.530. The van der Waals surface area contributed by atoms with E-state index >= 15 is 0 Å². The first-order chi connectivity index (χ1) is 8.38. The number of hydrogen-bond donors (Lipinski definition) is 0. The fourth-order valence-corrected chi connectivity index (χ4v) is 1.93. The van der Waals surface area contributed by atoms with E-state index in [0.717, 1.165) is 21.6 Å². The molecule has 0 aliphatic rings. The zero-order chi connectivity index (χ0) is 13.3. The van der Waals surface area contributed by atoms with Crippen molar-refractivity contribution in [3.8, 4) is 11.3 Å². The average molecular weight is 266 g/mol. The van der Waals surface area contributed by atoms with Crippen LogP contribution in [-0.2, 0) is 10.0 Å². The SMILES string of the molecule is CN(C)c1ccc(-c2cn(S(C)(=O)=O)nn2)cc1. The molecule has 7 heteroatoms.